The van der Waals surface area contributed by atoms with Crippen molar-refractivity contribution in [2.24, 2.45) is 5.92 Å². The van der Waals surface area contributed by atoms with Crippen molar-refractivity contribution in [3.8, 4) is 0 Å². The highest BCUT2D eigenvalue weighted by molar-refractivity contribution is 6.14. The largest absolute Gasteiger partial charge is 0.296 e. The molecule has 3 heteroatoms. The quantitative estimate of drug-likeness (QED) is 0.581. The zero-order chi connectivity index (χ0) is 14.6. The topological polar surface area (TPSA) is 34.1 Å². The smallest absolute Gasteiger partial charge is 0.221 e. The van der Waals surface area contributed by atoms with Crippen LogP contribution in [0.5, 0.6) is 0 Å². The van der Waals surface area contributed by atoms with E-state index in [1.807, 2.05) is 26.0 Å². The molecule has 1 unspecified atom stereocenters. The van der Waals surface area contributed by atoms with Crippen LogP contribution in [0.3, 0.4) is 0 Å². The molecule has 1 rings (SSSR count). The number of benzene rings is 1. The summed E-state index contributed by atoms with van der Waals surface area (Å²) in [5, 5.41) is 0. The third-order valence-corrected chi connectivity index (χ3v) is 3.27. The van der Waals surface area contributed by atoms with Crippen LogP contribution in [0.4, 0.5) is 4.39 Å². The molecule has 0 aromatic heterocycles. The van der Waals surface area contributed by atoms with Crippen LogP contribution in [0.1, 0.15) is 49.2 Å². The average Bonchev–Trinajstić information content (AvgIpc) is 2.43. The van der Waals surface area contributed by atoms with E-state index in [-0.39, 0.29) is 0 Å². The Kier molecular flexibility index (Phi) is 5.40. The lowest BCUT2D eigenvalue weighted by atomic mass is 9.92. The van der Waals surface area contributed by atoms with E-state index >= 15 is 0 Å². The van der Waals surface area contributed by atoms with Gasteiger partial charge in [0.25, 0.3) is 0 Å². The molecule has 1 atom stereocenters. The van der Waals surface area contributed by atoms with Gasteiger partial charge in [-0.15, -0.1) is 0 Å². The number of hydrogen-bond acceptors (Lipinski definition) is 2. The van der Waals surface area contributed by atoms with Crippen LogP contribution in [-0.4, -0.2) is 17.7 Å². The Morgan fingerprint density at radius 3 is 2.26 bits per heavy atom. The Balaban J connectivity index is 3.09. The third kappa shape index (κ3) is 3.49. The second-order valence-corrected chi connectivity index (χ2v) is 4.98. The highest BCUT2D eigenvalue weighted by Crippen LogP contribution is 2.18. The summed E-state index contributed by atoms with van der Waals surface area (Å²) in [5.41, 5.74) is 2.25. The molecule has 0 bridgehead atoms. The van der Waals surface area contributed by atoms with E-state index in [9.17, 15) is 14.0 Å². The van der Waals surface area contributed by atoms with Crippen molar-refractivity contribution in [3.63, 3.8) is 0 Å². The first-order chi connectivity index (χ1) is 8.92. The number of rotatable bonds is 6. The molecular weight excluding hydrogens is 243 g/mol. The van der Waals surface area contributed by atoms with Gasteiger partial charge in [-0.3, -0.25) is 9.59 Å². The van der Waals surface area contributed by atoms with Crippen LogP contribution < -0.4 is 0 Å². The van der Waals surface area contributed by atoms with Crippen LogP contribution in [0.2, 0.25) is 0 Å². The van der Waals surface area contributed by atoms with Crippen LogP contribution in [0.15, 0.2) is 18.2 Å². The van der Waals surface area contributed by atoms with Crippen LogP contribution in [0.25, 0.3) is 0 Å². The normalized spacial score (nSPS) is 12.5. The van der Waals surface area contributed by atoms with E-state index in [1.54, 1.807) is 19.9 Å². The zero-order valence-electron chi connectivity index (χ0n) is 12.0. The molecule has 0 heterocycles. The van der Waals surface area contributed by atoms with Gasteiger partial charge in [-0.1, -0.05) is 45.9 Å². The summed E-state index contributed by atoms with van der Waals surface area (Å²) in [6, 6.07) is 5.37. The molecule has 0 saturated heterocycles. The molecule has 0 amide bonds. The van der Waals surface area contributed by atoms with Gasteiger partial charge in [-0.05, 0) is 24.0 Å². The van der Waals surface area contributed by atoms with Crippen LogP contribution in [0, 0.1) is 5.92 Å². The monoisotopic (exact) mass is 264 g/mol. The van der Waals surface area contributed by atoms with Crippen LogP contribution >= 0.6 is 0 Å². The minimum absolute atomic E-state index is 0.334. The summed E-state index contributed by atoms with van der Waals surface area (Å²) in [6.07, 6.45) is -0.527. The molecule has 2 nitrogen and oxygen atoms in total. The molecule has 0 N–H and O–H groups in total. The minimum Gasteiger partial charge on any atom is -0.296 e. The number of alkyl halides is 1. The number of ketones is 2. The molecule has 1 aromatic rings. The van der Waals surface area contributed by atoms with Crippen molar-refractivity contribution in [2.45, 2.75) is 46.7 Å². The number of Topliss-reactive ketones (excluding diaryl/α,β-unsaturated/α-hetero) is 2. The number of aryl methyl sites for hydroxylation is 2. The Morgan fingerprint density at radius 2 is 1.79 bits per heavy atom. The van der Waals surface area contributed by atoms with E-state index in [0.29, 0.717) is 12.0 Å². The molecule has 0 fully saturated rings. The van der Waals surface area contributed by atoms with Gasteiger partial charge in [0.2, 0.25) is 12.0 Å². The standard InChI is InChI=1S/C16H21FO2/c1-5-11-7-8-13(12(6-2)9-11)16(19)14(17)15(18)10(3)4/h7-10,14H,5-6H2,1-4H3. The van der Waals surface area contributed by atoms with E-state index in [2.05, 4.69) is 0 Å². The lowest BCUT2D eigenvalue weighted by molar-refractivity contribution is -0.125. The van der Waals surface area contributed by atoms with Crippen molar-refractivity contribution in [1.82, 2.24) is 0 Å². The van der Waals surface area contributed by atoms with Gasteiger partial charge in [0, 0.05) is 11.5 Å². The second kappa shape index (κ2) is 6.60. The summed E-state index contributed by atoms with van der Waals surface area (Å²) in [5.74, 6) is -1.83. The number of hydrogen-bond donors (Lipinski definition) is 0. The maximum absolute atomic E-state index is 13.9. The first-order valence-corrected chi connectivity index (χ1v) is 6.76. The molecule has 19 heavy (non-hydrogen) atoms. The zero-order valence-corrected chi connectivity index (χ0v) is 12.0. The van der Waals surface area contributed by atoms with Gasteiger partial charge >= 0.3 is 0 Å². The molecule has 0 spiro atoms. The lowest BCUT2D eigenvalue weighted by Crippen LogP contribution is -2.30. The molecule has 1 aromatic carbocycles. The predicted molar refractivity (Wildman–Crippen MR) is 74.3 cm³/mol. The Bertz CT molecular complexity index is 478. The second-order valence-electron chi connectivity index (χ2n) is 4.98. The van der Waals surface area contributed by atoms with Crippen LogP contribution in [-0.2, 0) is 17.6 Å². The molecule has 104 valence electrons. The summed E-state index contributed by atoms with van der Waals surface area (Å²) in [4.78, 5) is 23.7. The Hall–Kier alpha value is -1.51. The lowest BCUT2D eigenvalue weighted by Gasteiger charge is -2.12. The summed E-state index contributed by atoms with van der Waals surface area (Å²) >= 11 is 0. The fraction of sp³-hybridized carbons (Fsp3) is 0.500. The van der Waals surface area contributed by atoms with Crippen molar-refractivity contribution in [3.05, 3.63) is 34.9 Å². The number of halogens is 1. The molecular formula is C16H21FO2. The van der Waals surface area contributed by atoms with E-state index in [1.165, 1.54) is 0 Å². The van der Waals surface area contributed by atoms with Gasteiger partial charge in [0.1, 0.15) is 0 Å². The van der Waals surface area contributed by atoms with Gasteiger partial charge in [-0.2, -0.15) is 0 Å². The molecule has 0 aliphatic rings. The summed E-state index contributed by atoms with van der Waals surface area (Å²) in [7, 11) is 0. The van der Waals surface area contributed by atoms with Gasteiger partial charge < -0.3 is 0 Å². The summed E-state index contributed by atoms with van der Waals surface area (Å²) < 4.78 is 13.9. The van der Waals surface area contributed by atoms with E-state index in [0.717, 1.165) is 17.5 Å². The van der Waals surface area contributed by atoms with Crippen molar-refractivity contribution >= 4 is 11.6 Å². The van der Waals surface area contributed by atoms with Gasteiger partial charge in [0.05, 0.1) is 0 Å². The Morgan fingerprint density at radius 1 is 1.16 bits per heavy atom. The Labute approximate surface area is 114 Å². The van der Waals surface area contributed by atoms with E-state index < -0.39 is 23.7 Å². The van der Waals surface area contributed by atoms with Crippen molar-refractivity contribution in [2.75, 3.05) is 0 Å². The average molecular weight is 264 g/mol. The first-order valence-electron chi connectivity index (χ1n) is 6.76. The fourth-order valence-corrected chi connectivity index (χ4v) is 1.96. The molecule has 0 aliphatic heterocycles. The molecule has 0 radical (unpaired) electrons. The summed E-state index contributed by atoms with van der Waals surface area (Å²) in [6.45, 7) is 7.14. The molecule has 0 saturated carbocycles. The predicted octanol–water partition coefficient (Wildman–Crippen LogP) is 3.56. The number of carbonyl (C=O) groups is 2. The van der Waals surface area contributed by atoms with Crippen molar-refractivity contribution in [1.29, 1.82) is 0 Å². The highest BCUT2D eigenvalue weighted by atomic mass is 19.1. The van der Waals surface area contributed by atoms with Gasteiger partial charge in [0.15, 0.2) is 5.78 Å². The minimum atomic E-state index is -2.04. The first kappa shape index (κ1) is 15.5. The maximum atomic E-state index is 13.9. The number of carbonyl (C=O) groups excluding carboxylic acids is 2. The maximum Gasteiger partial charge on any atom is 0.221 e. The fourth-order valence-electron chi connectivity index (χ4n) is 1.96. The third-order valence-electron chi connectivity index (χ3n) is 3.27. The SMILES string of the molecule is CCc1ccc(C(=O)C(F)C(=O)C(C)C)c(CC)c1. The van der Waals surface area contributed by atoms with Crippen molar-refractivity contribution < 1.29 is 14.0 Å². The highest BCUT2D eigenvalue weighted by Gasteiger charge is 2.29. The van der Waals surface area contributed by atoms with E-state index in [4.69, 9.17) is 0 Å². The van der Waals surface area contributed by atoms with Gasteiger partial charge in [-0.25, -0.2) is 4.39 Å². The molecule has 0 aliphatic carbocycles.